The highest BCUT2D eigenvalue weighted by Gasteiger charge is 2.22. The first kappa shape index (κ1) is 22.4. The van der Waals surface area contributed by atoms with Crippen molar-refractivity contribution in [1.82, 2.24) is 14.8 Å². The highest BCUT2D eigenvalue weighted by atomic mass is 32.2. The molecule has 1 amide bonds. The fraction of sp³-hybridized carbons (Fsp3) is 0.375. The third-order valence-electron chi connectivity index (χ3n) is 5.35. The summed E-state index contributed by atoms with van der Waals surface area (Å²) in [6, 6.07) is 18.2. The van der Waals surface area contributed by atoms with Gasteiger partial charge in [0.15, 0.2) is 5.16 Å². The molecule has 1 aliphatic heterocycles. The molecule has 0 aliphatic carbocycles. The van der Waals surface area contributed by atoms with E-state index >= 15 is 0 Å². The Morgan fingerprint density at radius 2 is 1.75 bits per heavy atom. The Morgan fingerprint density at radius 3 is 2.44 bits per heavy atom. The van der Waals surface area contributed by atoms with Crippen LogP contribution >= 0.6 is 11.8 Å². The van der Waals surface area contributed by atoms with Crippen molar-refractivity contribution in [1.29, 1.82) is 0 Å². The van der Waals surface area contributed by atoms with Crippen LogP contribution in [0.2, 0.25) is 0 Å². The molecule has 32 heavy (non-hydrogen) atoms. The summed E-state index contributed by atoms with van der Waals surface area (Å²) in [5.74, 6) is 1.04. The predicted molar refractivity (Wildman–Crippen MR) is 128 cm³/mol. The van der Waals surface area contributed by atoms with Gasteiger partial charge in [0.25, 0.3) is 0 Å². The number of morpholine rings is 1. The lowest BCUT2D eigenvalue weighted by Crippen LogP contribution is -2.45. The van der Waals surface area contributed by atoms with Crippen LogP contribution in [0.3, 0.4) is 0 Å². The van der Waals surface area contributed by atoms with Gasteiger partial charge in [-0.1, -0.05) is 42.1 Å². The quantitative estimate of drug-likeness (QED) is 0.548. The standard InChI is InChI=1S/C24H29N5O2S/c1-17-13-28(14-18(2)31-17)22-11-9-21(10-12-22)25-23(30)16-32-24-27-26-19(3)29(24)15-20-7-5-4-6-8-20/h4-12,17-18H,13-16H2,1-3H3,(H,25,30). The molecule has 2 atom stereocenters. The van der Waals surface area contributed by atoms with Crippen molar-refractivity contribution in [2.75, 3.05) is 29.1 Å². The third kappa shape index (κ3) is 5.69. The van der Waals surface area contributed by atoms with Crippen LogP contribution in [0, 0.1) is 6.92 Å². The van der Waals surface area contributed by atoms with E-state index in [0.717, 1.165) is 35.4 Å². The molecule has 1 aliphatic rings. The van der Waals surface area contributed by atoms with E-state index in [1.807, 2.05) is 54.0 Å². The van der Waals surface area contributed by atoms with Crippen molar-refractivity contribution in [2.45, 2.75) is 44.7 Å². The molecule has 1 saturated heterocycles. The fourth-order valence-corrected chi connectivity index (χ4v) is 4.67. The Bertz CT molecular complexity index is 1030. The molecule has 4 rings (SSSR count). The average molecular weight is 452 g/mol. The molecule has 2 aromatic carbocycles. The van der Waals surface area contributed by atoms with Gasteiger partial charge in [-0.3, -0.25) is 4.79 Å². The van der Waals surface area contributed by atoms with Crippen LogP contribution in [0.25, 0.3) is 0 Å². The van der Waals surface area contributed by atoms with Crippen molar-refractivity contribution in [2.24, 2.45) is 0 Å². The zero-order valence-corrected chi connectivity index (χ0v) is 19.5. The normalized spacial score (nSPS) is 18.5. The molecule has 7 nitrogen and oxygen atoms in total. The van der Waals surface area contributed by atoms with Gasteiger partial charge >= 0.3 is 0 Å². The molecule has 2 unspecified atom stereocenters. The molecule has 1 aromatic heterocycles. The van der Waals surface area contributed by atoms with Crippen molar-refractivity contribution in [3.63, 3.8) is 0 Å². The van der Waals surface area contributed by atoms with E-state index in [4.69, 9.17) is 4.74 Å². The van der Waals surface area contributed by atoms with Crippen molar-refractivity contribution >= 4 is 29.0 Å². The number of carbonyl (C=O) groups excluding carboxylic acids is 1. The number of ether oxygens (including phenoxy) is 1. The molecule has 1 N–H and O–H groups in total. The summed E-state index contributed by atoms with van der Waals surface area (Å²) in [4.78, 5) is 14.8. The van der Waals surface area contributed by atoms with Gasteiger partial charge in [-0.15, -0.1) is 10.2 Å². The highest BCUT2D eigenvalue weighted by molar-refractivity contribution is 7.99. The molecular formula is C24H29N5O2S. The lowest BCUT2D eigenvalue weighted by molar-refractivity contribution is -0.113. The van der Waals surface area contributed by atoms with E-state index in [2.05, 4.69) is 46.4 Å². The van der Waals surface area contributed by atoms with Gasteiger partial charge in [0.2, 0.25) is 5.91 Å². The van der Waals surface area contributed by atoms with Crippen LogP contribution in [-0.4, -0.2) is 51.7 Å². The van der Waals surface area contributed by atoms with Crippen molar-refractivity contribution in [3.8, 4) is 0 Å². The first-order valence-electron chi connectivity index (χ1n) is 10.8. The number of nitrogens with one attached hydrogen (secondary N) is 1. The van der Waals surface area contributed by atoms with E-state index < -0.39 is 0 Å². The number of carbonyl (C=O) groups is 1. The average Bonchev–Trinajstić information content (AvgIpc) is 3.12. The van der Waals surface area contributed by atoms with E-state index in [9.17, 15) is 4.79 Å². The molecule has 1 fully saturated rings. The number of rotatable bonds is 7. The van der Waals surface area contributed by atoms with Gasteiger partial charge in [0.1, 0.15) is 5.82 Å². The monoisotopic (exact) mass is 451 g/mol. The molecule has 0 radical (unpaired) electrons. The minimum Gasteiger partial charge on any atom is -0.372 e. The van der Waals surface area contributed by atoms with Crippen LogP contribution in [0.15, 0.2) is 59.8 Å². The lowest BCUT2D eigenvalue weighted by atomic mass is 10.2. The summed E-state index contributed by atoms with van der Waals surface area (Å²) in [6.45, 7) is 8.54. The molecule has 2 heterocycles. The lowest BCUT2D eigenvalue weighted by Gasteiger charge is -2.36. The Hall–Kier alpha value is -2.84. The molecule has 3 aromatic rings. The fourth-order valence-electron chi connectivity index (χ4n) is 3.89. The Balaban J connectivity index is 1.32. The SMILES string of the molecule is Cc1nnc(SCC(=O)Nc2ccc(N3CC(C)OC(C)C3)cc2)n1Cc1ccccc1. The smallest absolute Gasteiger partial charge is 0.234 e. The van der Waals surface area contributed by atoms with Crippen LogP contribution in [0.1, 0.15) is 25.2 Å². The first-order chi connectivity index (χ1) is 15.5. The third-order valence-corrected chi connectivity index (χ3v) is 6.32. The summed E-state index contributed by atoms with van der Waals surface area (Å²) in [5.41, 5.74) is 3.10. The summed E-state index contributed by atoms with van der Waals surface area (Å²) in [7, 11) is 0. The van der Waals surface area contributed by atoms with Crippen LogP contribution in [-0.2, 0) is 16.1 Å². The van der Waals surface area contributed by atoms with Gasteiger partial charge in [0, 0.05) is 24.5 Å². The number of amides is 1. The molecule has 0 spiro atoms. The highest BCUT2D eigenvalue weighted by Crippen LogP contribution is 2.23. The molecular weight excluding hydrogens is 422 g/mol. The number of thioether (sulfide) groups is 1. The Labute approximate surface area is 193 Å². The number of benzene rings is 2. The molecule has 8 heteroatoms. The van der Waals surface area contributed by atoms with E-state index in [0.29, 0.717) is 6.54 Å². The minimum absolute atomic E-state index is 0.0664. The van der Waals surface area contributed by atoms with Crippen LogP contribution < -0.4 is 10.2 Å². The zero-order chi connectivity index (χ0) is 22.5. The van der Waals surface area contributed by atoms with Crippen molar-refractivity contribution in [3.05, 3.63) is 66.0 Å². The molecule has 0 bridgehead atoms. The summed E-state index contributed by atoms with van der Waals surface area (Å²) >= 11 is 1.40. The maximum atomic E-state index is 12.5. The topological polar surface area (TPSA) is 72.3 Å². The number of aromatic nitrogens is 3. The van der Waals surface area contributed by atoms with Gasteiger partial charge in [0.05, 0.1) is 24.5 Å². The van der Waals surface area contributed by atoms with Gasteiger partial charge in [-0.25, -0.2) is 0 Å². The van der Waals surface area contributed by atoms with E-state index in [1.165, 1.54) is 17.3 Å². The predicted octanol–water partition coefficient (Wildman–Crippen LogP) is 3.98. The van der Waals surface area contributed by atoms with Gasteiger partial charge in [-0.05, 0) is 50.6 Å². The first-order valence-corrected chi connectivity index (χ1v) is 11.8. The zero-order valence-electron chi connectivity index (χ0n) is 18.7. The number of hydrogen-bond acceptors (Lipinski definition) is 6. The summed E-state index contributed by atoms with van der Waals surface area (Å²) in [5, 5.41) is 12.2. The van der Waals surface area contributed by atoms with Gasteiger partial charge < -0.3 is 19.5 Å². The van der Waals surface area contributed by atoms with E-state index in [1.54, 1.807) is 0 Å². The summed E-state index contributed by atoms with van der Waals surface area (Å²) < 4.78 is 7.84. The second-order valence-corrected chi connectivity index (χ2v) is 9.09. The number of anilines is 2. The number of nitrogens with zero attached hydrogens (tertiary/aromatic N) is 4. The second kappa shape index (κ2) is 10.2. The Morgan fingerprint density at radius 1 is 1.06 bits per heavy atom. The van der Waals surface area contributed by atoms with E-state index in [-0.39, 0.29) is 23.9 Å². The molecule has 168 valence electrons. The maximum absolute atomic E-state index is 12.5. The number of aryl methyl sites for hydroxylation is 1. The number of hydrogen-bond donors (Lipinski definition) is 1. The van der Waals surface area contributed by atoms with Crippen LogP contribution in [0.4, 0.5) is 11.4 Å². The van der Waals surface area contributed by atoms with Crippen LogP contribution in [0.5, 0.6) is 0 Å². The Kier molecular flexibility index (Phi) is 7.12. The second-order valence-electron chi connectivity index (χ2n) is 8.15. The largest absolute Gasteiger partial charge is 0.372 e. The molecule has 0 saturated carbocycles. The maximum Gasteiger partial charge on any atom is 0.234 e. The van der Waals surface area contributed by atoms with Gasteiger partial charge in [-0.2, -0.15) is 0 Å². The van der Waals surface area contributed by atoms with Crippen molar-refractivity contribution < 1.29 is 9.53 Å². The minimum atomic E-state index is -0.0664. The summed E-state index contributed by atoms with van der Waals surface area (Å²) in [6.07, 6.45) is 0.422.